The van der Waals surface area contributed by atoms with E-state index in [-0.39, 0.29) is 17.1 Å². The van der Waals surface area contributed by atoms with Crippen molar-refractivity contribution in [3.63, 3.8) is 0 Å². The second-order valence-electron chi connectivity index (χ2n) is 8.20. The molecule has 2 aromatic rings. The van der Waals surface area contributed by atoms with Crippen LogP contribution in [0.2, 0.25) is 5.02 Å². The Morgan fingerprint density at radius 2 is 1.83 bits per heavy atom. The van der Waals surface area contributed by atoms with Gasteiger partial charge >= 0.3 is 0 Å². The highest BCUT2D eigenvalue weighted by Gasteiger charge is 2.47. The smallest absolute Gasteiger partial charge is 0.198 e. The van der Waals surface area contributed by atoms with E-state index in [0.717, 1.165) is 5.56 Å². The van der Waals surface area contributed by atoms with Gasteiger partial charge in [-0.3, -0.25) is 4.79 Å². The fourth-order valence-electron chi connectivity index (χ4n) is 3.66. The quantitative estimate of drug-likeness (QED) is 0.650. The van der Waals surface area contributed by atoms with Gasteiger partial charge in [-0.25, -0.2) is 0 Å². The Bertz CT molecular complexity index is 1090. The van der Waals surface area contributed by atoms with Crippen molar-refractivity contribution in [2.75, 3.05) is 0 Å². The lowest BCUT2D eigenvalue weighted by molar-refractivity contribution is -0.158. The van der Waals surface area contributed by atoms with Crippen molar-refractivity contribution in [3.8, 4) is 17.6 Å². The number of ketones is 1. The lowest BCUT2D eigenvalue weighted by Crippen LogP contribution is -2.49. The molecule has 0 aromatic heterocycles. The van der Waals surface area contributed by atoms with Crippen LogP contribution in [0, 0.1) is 11.3 Å². The van der Waals surface area contributed by atoms with Crippen molar-refractivity contribution in [1.29, 1.82) is 5.26 Å². The molecule has 0 unspecified atom stereocenters. The molecule has 30 heavy (non-hydrogen) atoms. The third-order valence-corrected chi connectivity index (χ3v) is 5.35. The molecule has 0 fully saturated rings. The molecule has 156 valence electrons. The van der Waals surface area contributed by atoms with Crippen molar-refractivity contribution in [3.05, 3.63) is 63.9 Å². The Kier molecular flexibility index (Phi) is 5.68. The Balaban J connectivity index is 2.15. The first kappa shape index (κ1) is 21.9. The summed E-state index contributed by atoms with van der Waals surface area (Å²) in [6, 6.07) is 12.2. The summed E-state index contributed by atoms with van der Waals surface area (Å²) in [4.78, 5) is 13.2. The summed E-state index contributed by atoms with van der Waals surface area (Å²) in [6.07, 6.45) is 0.659. The number of nitriles is 1. The Hall–Kier alpha value is -2.81. The van der Waals surface area contributed by atoms with Gasteiger partial charge in [-0.1, -0.05) is 24.6 Å². The number of aliphatic hydroxyl groups excluding tert-OH is 1. The van der Waals surface area contributed by atoms with Crippen molar-refractivity contribution < 1.29 is 19.4 Å². The molecule has 1 N–H and O–H groups in total. The van der Waals surface area contributed by atoms with Gasteiger partial charge in [0.2, 0.25) is 0 Å². The van der Waals surface area contributed by atoms with Crippen LogP contribution in [0.5, 0.6) is 11.5 Å². The van der Waals surface area contributed by atoms with Gasteiger partial charge in [-0.2, -0.15) is 5.26 Å². The Morgan fingerprint density at radius 3 is 2.47 bits per heavy atom. The second-order valence-corrected chi connectivity index (χ2v) is 8.64. The number of benzene rings is 2. The molecule has 1 aliphatic rings. The van der Waals surface area contributed by atoms with Crippen LogP contribution in [-0.2, 0) is 16.0 Å². The molecule has 0 bridgehead atoms. The number of Topliss-reactive ketones (excluding diaryl/α,β-unsaturated/α-hetero) is 1. The number of halogens is 1. The lowest BCUT2D eigenvalue weighted by Gasteiger charge is -2.40. The molecule has 0 amide bonds. The van der Waals surface area contributed by atoms with Gasteiger partial charge in [0.15, 0.2) is 5.78 Å². The molecule has 0 spiro atoms. The molecule has 6 heteroatoms. The minimum absolute atomic E-state index is 0.108. The minimum Gasteiger partial charge on any atom is -0.508 e. The van der Waals surface area contributed by atoms with Crippen LogP contribution in [0.4, 0.5) is 0 Å². The van der Waals surface area contributed by atoms with Crippen molar-refractivity contribution in [2.45, 2.75) is 52.2 Å². The number of aliphatic hydroxyl groups is 1. The van der Waals surface area contributed by atoms with Crippen LogP contribution in [0.3, 0.4) is 0 Å². The average Bonchev–Trinajstić information content (AvgIpc) is 2.68. The predicted octanol–water partition coefficient (Wildman–Crippen LogP) is 5.99. The summed E-state index contributed by atoms with van der Waals surface area (Å²) in [5, 5.41) is 20.7. The number of nitrogens with zero attached hydrogens (tertiary/aromatic N) is 1. The van der Waals surface area contributed by atoms with E-state index in [1.807, 2.05) is 13.0 Å². The lowest BCUT2D eigenvalue weighted by atomic mass is 9.81. The summed E-state index contributed by atoms with van der Waals surface area (Å²) in [7, 11) is 0. The average molecular weight is 426 g/mol. The molecule has 0 atom stereocenters. The van der Waals surface area contributed by atoms with E-state index < -0.39 is 11.2 Å². The molecule has 0 aliphatic carbocycles. The highest BCUT2D eigenvalue weighted by Crippen LogP contribution is 2.42. The zero-order valence-corrected chi connectivity index (χ0v) is 18.4. The highest BCUT2D eigenvalue weighted by atomic mass is 35.5. The predicted molar refractivity (Wildman–Crippen MR) is 116 cm³/mol. The Labute approximate surface area is 181 Å². The topological polar surface area (TPSA) is 79.6 Å². The zero-order chi connectivity index (χ0) is 22.3. The van der Waals surface area contributed by atoms with E-state index in [9.17, 15) is 15.2 Å². The molecular formula is C24H24ClNO4. The largest absolute Gasteiger partial charge is 0.508 e. The summed E-state index contributed by atoms with van der Waals surface area (Å²) in [5.74, 6) is 0.392. The first-order chi connectivity index (χ1) is 14.0. The number of hydrogen-bond donors (Lipinski definition) is 1. The maximum atomic E-state index is 13.2. The normalized spacial score (nSPS) is 17.6. The third-order valence-electron chi connectivity index (χ3n) is 5.11. The molecule has 1 heterocycles. The maximum absolute atomic E-state index is 13.2. The molecule has 0 saturated heterocycles. The second kappa shape index (κ2) is 7.79. The summed E-state index contributed by atoms with van der Waals surface area (Å²) in [5.41, 5.74) is -0.0855. The first-order valence-corrected chi connectivity index (χ1v) is 10.1. The van der Waals surface area contributed by atoms with Crippen LogP contribution in [0.1, 0.15) is 51.3 Å². The third kappa shape index (κ3) is 3.94. The fraction of sp³-hybridized carbons (Fsp3) is 0.333. The Morgan fingerprint density at radius 1 is 1.13 bits per heavy atom. The number of hydrogen-bond acceptors (Lipinski definition) is 5. The molecular weight excluding hydrogens is 402 g/mol. The monoisotopic (exact) mass is 425 g/mol. The minimum atomic E-state index is -1.09. The van der Waals surface area contributed by atoms with Gasteiger partial charge in [-0.15, -0.1) is 0 Å². The number of carbonyl (C=O) groups is 1. The van der Waals surface area contributed by atoms with Crippen LogP contribution in [0.25, 0.3) is 5.57 Å². The number of ether oxygens (including phenoxy) is 2. The molecule has 0 saturated carbocycles. The summed E-state index contributed by atoms with van der Waals surface area (Å²) >= 11 is 5.96. The number of rotatable bonds is 4. The summed E-state index contributed by atoms with van der Waals surface area (Å²) < 4.78 is 11.8. The van der Waals surface area contributed by atoms with Crippen LogP contribution in [0.15, 0.2) is 42.2 Å². The van der Waals surface area contributed by atoms with Gasteiger partial charge in [0.25, 0.3) is 0 Å². The van der Waals surface area contributed by atoms with Crippen molar-refractivity contribution in [2.24, 2.45) is 0 Å². The van der Waals surface area contributed by atoms with Gasteiger partial charge in [0, 0.05) is 5.02 Å². The van der Waals surface area contributed by atoms with Gasteiger partial charge in [0.1, 0.15) is 34.5 Å². The van der Waals surface area contributed by atoms with Crippen LogP contribution >= 0.6 is 11.6 Å². The van der Waals surface area contributed by atoms with Crippen LogP contribution < -0.4 is 4.74 Å². The van der Waals surface area contributed by atoms with Crippen molar-refractivity contribution in [1.82, 2.24) is 0 Å². The van der Waals surface area contributed by atoms with Crippen LogP contribution in [-0.4, -0.2) is 22.1 Å². The van der Waals surface area contributed by atoms with E-state index in [0.29, 0.717) is 34.1 Å². The SMILES string of the molecule is CCc1ccc(Oc2ccc(Cl)cc2C#N)cc1C1=C(O)C(C)(C)OC(C)(C)C1=O. The van der Waals surface area contributed by atoms with E-state index in [4.69, 9.17) is 21.1 Å². The van der Waals surface area contributed by atoms with Crippen molar-refractivity contribution >= 4 is 23.0 Å². The molecule has 2 aromatic carbocycles. The van der Waals surface area contributed by atoms with E-state index >= 15 is 0 Å². The zero-order valence-electron chi connectivity index (χ0n) is 17.7. The first-order valence-electron chi connectivity index (χ1n) is 9.69. The number of carbonyl (C=O) groups excluding carboxylic acids is 1. The molecule has 3 rings (SSSR count). The summed E-state index contributed by atoms with van der Waals surface area (Å²) in [6.45, 7) is 8.83. The number of aryl methyl sites for hydroxylation is 1. The molecule has 1 aliphatic heterocycles. The standard InChI is InChI=1S/C24H24ClNO4/c1-6-14-7-9-17(29-19-10-8-16(25)11-15(19)13-26)12-18(14)20-21(27)23(2,3)30-24(4,5)22(20)28/h7-12,27H,6H2,1-5H3. The molecule has 0 radical (unpaired) electrons. The molecule has 5 nitrogen and oxygen atoms in total. The van der Waals surface area contributed by atoms with Gasteiger partial charge in [-0.05, 0) is 75.6 Å². The van der Waals surface area contributed by atoms with E-state index in [1.54, 1.807) is 52.0 Å². The maximum Gasteiger partial charge on any atom is 0.198 e. The van der Waals surface area contributed by atoms with E-state index in [2.05, 4.69) is 6.07 Å². The fourth-order valence-corrected chi connectivity index (χ4v) is 3.83. The van der Waals surface area contributed by atoms with Gasteiger partial charge in [0.05, 0.1) is 11.1 Å². The van der Waals surface area contributed by atoms with Gasteiger partial charge < -0.3 is 14.6 Å². The van der Waals surface area contributed by atoms with E-state index in [1.165, 1.54) is 6.07 Å². The highest BCUT2D eigenvalue weighted by molar-refractivity contribution is 6.30.